The molecule has 4 saturated carbocycles. The number of nitrogens with one attached hydrogen (secondary N) is 2. The van der Waals surface area contributed by atoms with E-state index in [2.05, 4.69) is 20.2 Å². The lowest BCUT2D eigenvalue weighted by Gasteiger charge is -2.55. The van der Waals surface area contributed by atoms with Crippen LogP contribution in [0.4, 0.5) is 0 Å². The molecule has 0 radical (unpaired) electrons. The lowest BCUT2D eigenvalue weighted by molar-refractivity contribution is -0.146. The molecular weight excluding hydrogens is 352 g/mol. The number of imidazole rings is 1. The summed E-state index contributed by atoms with van der Waals surface area (Å²) >= 11 is 0. The van der Waals surface area contributed by atoms with E-state index in [9.17, 15) is 4.79 Å². The highest BCUT2D eigenvalue weighted by atomic mass is 16.5. The van der Waals surface area contributed by atoms with Gasteiger partial charge in [0, 0.05) is 11.5 Å². The molecule has 0 atom stereocenters. The van der Waals surface area contributed by atoms with Crippen LogP contribution in [-0.4, -0.2) is 32.6 Å². The van der Waals surface area contributed by atoms with Crippen LogP contribution < -0.4 is 4.74 Å². The van der Waals surface area contributed by atoms with Crippen LogP contribution in [0.3, 0.4) is 0 Å². The Hall–Kier alpha value is -2.63. The summed E-state index contributed by atoms with van der Waals surface area (Å²) in [5.74, 6) is 3.74. The Kier molecular flexibility index (Phi) is 3.46. The number of aromatic nitrogens is 4. The van der Waals surface area contributed by atoms with E-state index < -0.39 is 0 Å². The van der Waals surface area contributed by atoms with Crippen LogP contribution in [-0.2, 0) is 4.79 Å². The van der Waals surface area contributed by atoms with Crippen molar-refractivity contribution in [3.63, 3.8) is 0 Å². The molecule has 4 aliphatic rings. The highest BCUT2D eigenvalue weighted by Crippen LogP contribution is 2.60. The molecule has 4 bridgehead atoms. The largest absolute Gasteiger partial charge is 0.469 e. The average molecular weight is 376 g/mol. The lowest BCUT2D eigenvalue weighted by Crippen LogP contribution is -2.51. The van der Waals surface area contributed by atoms with Gasteiger partial charge in [-0.2, -0.15) is 0 Å². The molecule has 0 aliphatic heterocycles. The first-order valence-corrected chi connectivity index (χ1v) is 10.3. The number of carbonyl (C=O) groups is 1. The van der Waals surface area contributed by atoms with Crippen LogP contribution >= 0.6 is 0 Å². The maximum absolute atomic E-state index is 13.1. The first-order chi connectivity index (χ1) is 13.7. The number of rotatable bonds is 5. The number of aromatic amines is 2. The van der Waals surface area contributed by atoms with Gasteiger partial charge < -0.3 is 9.72 Å². The molecule has 4 fully saturated rings. The molecule has 4 aliphatic carbocycles. The molecule has 6 nitrogen and oxygen atoms in total. The average Bonchev–Trinajstić information content (AvgIpc) is 3.31. The minimum absolute atomic E-state index is 0.118. The van der Waals surface area contributed by atoms with Crippen LogP contribution in [0.5, 0.6) is 5.88 Å². The van der Waals surface area contributed by atoms with Crippen molar-refractivity contribution in [1.82, 2.24) is 20.2 Å². The predicted octanol–water partition coefficient (Wildman–Crippen LogP) is 4.12. The van der Waals surface area contributed by atoms with E-state index in [0.717, 1.165) is 59.6 Å². The summed E-state index contributed by atoms with van der Waals surface area (Å²) in [6.45, 7) is 0.122. The van der Waals surface area contributed by atoms with E-state index in [1.165, 1.54) is 19.3 Å². The van der Waals surface area contributed by atoms with E-state index in [0.29, 0.717) is 5.88 Å². The number of fused-ring (bicyclic) bond motifs is 1. The maximum Gasteiger partial charge on any atom is 0.233 e. The van der Waals surface area contributed by atoms with E-state index >= 15 is 0 Å². The normalized spacial score (nSPS) is 30.8. The fraction of sp³-hybridized carbons (Fsp3) is 0.500. The van der Waals surface area contributed by atoms with Gasteiger partial charge in [0.25, 0.3) is 0 Å². The number of hydrogen-bond donors (Lipinski definition) is 2. The molecule has 0 unspecified atom stereocenters. The topological polar surface area (TPSA) is 83.7 Å². The second-order valence-corrected chi connectivity index (χ2v) is 9.13. The number of para-hydroxylation sites is 2. The minimum Gasteiger partial charge on any atom is -0.469 e. The molecule has 6 heteroatoms. The van der Waals surface area contributed by atoms with Crippen molar-refractivity contribution in [2.24, 2.45) is 23.2 Å². The van der Waals surface area contributed by atoms with Gasteiger partial charge in [-0.3, -0.25) is 9.89 Å². The highest BCUT2D eigenvalue weighted by Gasteiger charge is 2.54. The first kappa shape index (κ1) is 16.3. The molecule has 0 spiro atoms. The number of Topliss-reactive ketones (excluding diaryl/α,β-unsaturated/α-hetero) is 1. The Morgan fingerprint density at radius 1 is 1.11 bits per heavy atom. The third-order valence-corrected chi connectivity index (χ3v) is 7.18. The maximum atomic E-state index is 13.1. The van der Waals surface area contributed by atoms with Crippen LogP contribution in [0.15, 0.2) is 30.3 Å². The molecule has 2 heterocycles. The van der Waals surface area contributed by atoms with E-state index in [1.807, 2.05) is 30.3 Å². The fourth-order valence-electron chi connectivity index (χ4n) is 6.32. The van der Waals surface area contributed by atoms with Gasteiger partial charge in [-0.05, 0) is 68.4 Å². The van der Waals surface area contributed by atoms with Gasteiger partial charge in [-0.25, -0.2) is 4.98 Å². The zero-order chi connectivity index (χ0) is 18.7. The van der Waals surface area contributed by atoms with Gasteiger partial charge in [-0.1, -0.05) is 12.1 Å². The van der Waals surface area contributed by atoms with Crippen LogP contribution in [0.2, 0.25) is 0 Å². The second kappa shape index (κ2) is 5.93. The number of ketones is 1. The van der Waals surface area contributed by atoms with Crippen LogP contribution in [0, 0.1) is 23.2 Å². The van der Waals surface area contributed by atoms with Crippen LogP contribution in [0.25, 0.3) is 22.6 Å². The molecule has 3 aromatic rings. The van der Waals surface area contributed by atoms with Gasteiger partial charge >= 0.3 is 0 Å². The van der Waals surface area contributed by atoms with Crippen molar-refractivity contribution in [3.8, 4) is 17.4 Å². The number of carbonyl (C=O) groups excluding carboxylic acids is 1. The van der Waals surface area contributed by atoms with Gasteiger partial charge in [-0.15, -0.1) is 5.10 Å². The molecule has 0 saturated heterocycles. The van der Waals surface area contributed by atoms with Crippen molar-refractivity contribution >= 4 is 16.8 Å². The Morgan fingerprint density at radius 2 is 1.82 bits per heavy atom. The lowest BCUT2D eigenvalue weighted by atomic mass is 9.48. The summed E-state index contributed by atoms with van der Waals surface area (Å²) in [6, 6.07) is 9.70. The smallest absolute Gasteiger partial charge is 0.233 e. The third kappa shape index (κ3) is 2.58. The van der Waals surface area contributed by atoms with Crippen molar-refractivity contribution < 1.29 is 9.53 Å². The van der Waals surface area contributed by atoms with Gasteiger partial charge in [0.05, 0.1) is 11.0 Å². The number of hydrogen-bond acceptors (Lipinski definition) is 4. The number of benzene rings is 1. The zero-order valence-electron chi connectivity index (χ0n) is 15.8. The molecule has 1 aromatic carbocycles. The van der Waals surface area contributed by atoms with Gasteiger partial charge in [0.1, 0.15) is 12.3 Å². The van der Waals surface area contributed by atoms with Gasteiger partial charge in [0.2, 0.25) is 5.88 Å². The summed E-state index contributed by atoms with van der Waals surface area (Å²) in [4.78, 5) is 20.9. The molecule has 7 rings (SSSR count). The summed E-state index contributed by atoms with van der Waals surface area (Å²) < 4.78 is 5.80. The summed E-state index contributed by atoms with van der Waals surface area (Å²) in [7, 11) is 0. The Labute approximate surface area is 163 Å². The van der Waals surface area contributed by atoms with Crippen molar-refractivity contribution in [3.05, 3.63) is 30.3 Å². The number of H-pyrrole nitrogens is 2. The monoisotopic (exact) mass is 376 g/mol. The zero-order valence-corrected chi connectivity index (χ0v) is 15.8. The SMILES string of the molecule is O=C(COc1cc(-c2nc3ccccc3[nH]2)[nH]n1)C12CC3CC(CC(C3)C1)C2. The molecule has 0 amide bonds. The standard InChI is InChI=1S/C22H24N4O2/c27-19(22-9-13-5-14(10-22)7-15(6-13)11-22)12-28-20-8-18(25-26-20)21-23-16-3-1-2-4-17(16)24-21/h1-4,8,13-15H,5-7,9-12H2,(H,23,24)(H,25,26). The molecule has 28 heavy (non-hydrogen) atoms. The molecule has 2 aromatic heterocycles. The minimum atomic E-state index is -0.118. The Morgan fingerprint density at radius 3 is 2.54 bits per heavy atom. The fourth-order valence-corrected chi connectivity index (χ4v) is 6.32. The number of nitrogens with zero attached hydrogens (tertiary/aromatic N) is 2. The summed E-state index contributed by atoms with van der Waals surface area (Å²) in [6.07, 6.45) is 7.25. The molecule has 2 N–H and O–H groups in total. The van der Waals surface area contributed by atoms with Crippen LogP contribution in [0.1, 0.15) is 38.5 Å². The Balaban J connectivity index is 1.16. The predicted molar refractivity (Wildman–Crippen MR) is 105 cm³/mol. The van der Waals surface area contributed by atoms with Crippen molar-refractivity contribution in [2.75, 3.05) is 6.61 Å². The molecular formula is C22H24N4O2. The highest BCUT2D eigenvalue weighted by molar-refractivity contribution is 5.86. The van der Waals surface area contributed by atoms with Crippen molar-refractivity contribution in [2.45, 2.75) is 38.5 Å². The summed E-state index contributed by atoms with van der Waals surface area (Å²) in [5.41, 5.74) is 2.53. The third-order valence-electron chi connectivity index (χ3n) is 7.18. The summed E-state index contributed by atoms with van der Waals surface area (Å²) in [5, 5.41) is 7.18. The van der Waals surface area contributed by atoms with Gasteiger partial charge in [0.15, 0.2) is 11.6 Å². The van der Waals surface area contributed by atoms with E-state index in [-0.39, 0.29) is 17.8 Å². The second-order valence-electron chi connectivity index (χ2n) is 9.13. The first-order valence-electron chi connectivity index (χ1n) is 10.3. The van der Waals surface area contributed by atoms with Crippen molar-refractivity contribution in [1.29, 1.82) is 0 Å². The Bertz CT molecular complexity index is 981. The molecule has 144 valence electrons. The number of ether oxygens (including phenoxy) is 1. The van der Waals surface area contributed by atoms with E-state index in [4.69, 9.17) is 4.74 Å². The quantitative estimate of drug-likeness (QED) is 0.702. The van der Waals surface area contributed by atoms with E-state index in [1.54, 1.807) is 0 Å².